The van der Waals surface area contributed by atoms with Gasteiger partial charge in [0.2, 0.25) is 0 Å². The van der Waals surface area contributed by atoms with Crippen LogP contribution in [0.4, 0.5) is 0 Å². The first-order valence-electron chi connectivity index (χ1n) is 5.28. The van der Waals surface area contributed by atoms with Crippen LogP contribution < -0.4 is 0 Å². The number of hydrogen-bond donors (Lipinski definition) is 1. The molecule has 1 rings (SSSR count). The van der Waals surface area contributed by atoms with Gasteiger partial charge in [-0.05, 0) is 18.1 Å². The molecule has 0 saturated carbocycles. The number of carbonyl (C=O) groups is 1. The SMILES string of the molecule is CCOC(=O)Cc1ccc(C=CCO)cc1. The summed E-state index contributed by atoms with van der Waals surface area (Å²) in [5, 5.41) is 8.61. The molecule has 0 amide bonds. The molecule has 0 heterocycles. The standard InChI is InChI=1S/C13H16O3/c1-2-16-13(15)10-12-7-5-11(6-8-12)4-3-9-14/h3-8,14H,2,9-10H2,1H3. The van der Waals surface area contributed by atoms with Crippen molar-refractivity contribution in [3.05, 3.63) is 41.5 Å². The van der Waals surface area contributed by atoms with Gasteiger partial charge in [0.25, 0.3) is 0 Å². The van der Waals surface area contributed by atoms with Crippen LogP contribution in [0, 0.1) is 0 Å². The Labute approximate surface area is 95.4 Å². The van der Waals surface area contributed by atoms with Gasteiger partial charge >= 0.3 is 5.97 Å². The fourth-order valence-electron chi connectivity index (χ4n) is 1.31. The molecule has 1 aromatic rings. The summed E-state index contributed by atoms with van der Waals surface area (Å²) in [4.78, 5) is 11.2. The van der Waals surface area contributed by atoms with E-state index in [0.717, 1.165) is 11.1 Å². The Kier molecular flexibility index (Phi) is 5.29. The van der Waals surface area contributed by atoms with E-state index in [1.165, 1.54) is 0 Å². The Morgan fingerprint density at radius 3 is 2.62 bits per heavy atom. The maximum atomic E-state index is 11.2. The first-order chi connectivity index (χ1) is 7.76. The van der Waals surface area contributed by atoms with Crippen molar-refractivity contribution in [2.75, 3.05) is 13.2 Å². The van der Waals surface area contributed by atoms with Crippen LogP contribution in [0.1, 0.15) is 18.1 Å². The summed E-state index contributed by atoms with van der Waals surface area (Å²) in [6, 6.07) is 7.57. The predicted molar refractivity (Wildman–Crippen MR) is 62.9 cm³/mol. The highest BCUT2D eigenvalue weighted by Crippen LogP contribution is 2.07. The first kappa shape index (κ1) is 12.5. The third kappa shape index (κ3) is 4.28. The van der Waals surface area contributed by atoms with Gasteiger partial charge < -0.3 is 9.84 Å². The van der Waals surface area contributed by atoms with E-state index < -0.39 is 0 Å². The molecule has 0 aliphatic heterocycles. The molecule has 0 spiro atoms. The number of aliphatic hydroxyl groups is 1. The molecule has 0 bridgehead atoms. The summed E-state index contributed by atoms with van der Waals surface area (Å²) < 4.78 is 4.85. The van der Waals surface area contributed by atoms with E-state index in [1.54, 1.807) is 13.0 Å². The number of ether oxygens (including phenoxy) is 1. The van der Waals surface area contributed by atoms with Crippen LogP contribution in [0.5, 0.6) is 0 Å². The van der Waals surface area contributed by atoms with Crippen LogP contribution in [0.25, 0.3) is 6.08 Å². The molecule has 0 fully saturated rings. The number of aliphatic hydroxyl groups excluding tert-OH is 1. The lowest BCUT2D eigenvalue weighted by molar-refractivity contribution is -0.142. The second kappa shape index (κ2) is 6.80. The third-order valence-corrected chi connectivity index (χ3v) is 2.05. The summed E-state index contributed by atoms with van der Waals surface area (Å²) >= 11 is 0. The van der Waals surface area contributed by atoms with Crippen LogP contribution in [0.2, 0.25) is 0 Å². The van der Waals surface area contributed by atoms with Crippen molar-refractivity contribution in [2.45, 2.75) is 13.3 Å². The molecular weight excluding hydrogens is 204 g/mol. The minimum atomic E-state index is -0.207. The molecule has 1 N–H and O–H groups in total. The molecule has 3 heteroatoms. The number of hydrogen-bond acceptors (Lipinski definition) is 3. The van der Waals surface area contributed by atoms with Gasteiger partial charge in [0, 0.05) is 0 Å². The Morgan fingerprint density at radius 2 is 2.06 bits per heavy atom. The second-order valence-corrected chi connectivity index (χ2v) is 3.31. The molecule has 0 aliphatic rings. The third-order valence-electron chi connectivity index (χ3n) is 2.05. The lowest BCUT2D eigenvalue weighted by Gasteiger charge is -2.02. The normalized spacial score (nSPS) is 10.6. The van der Waals surface area contributed by atoms with Crippen molar-refractivity contribution in [3.63, 3.8) is 0 Å². The van der Waals surface area contributed by atoms with Gasteiger partial charge in [0.05, 0.1) is 19.6 Å². The molecule has 0 aromatic heterocycles. The molecule has 3 nitrogen and oxygen atoms in total. The zero-order valence-electron chi connectivity index (χ0n) is 9.35. The summed E-state index contributed by atoms with van der Waals surface area (Å²) in [5.74, 6) is -0.207. The Hall–Kier alpha value is -1.61. The second-order valence-electron chi connectivity index (χ2n) is 3.31. The average Bonchev–Trinajstić information content (AvgIpc) is 2.28. The van der Waals surface area contributed by atoms with Crippen LogP contribution in [-0.2, 0) is 16.0 Å². The van der Waals surface area contributed by atoms with E-state index in [4.69, 9.17) is 9.84 Å². The average molecular weight is 220 g/mol. The fourth-order valence-corrected chi connectivity index (χ4v) is 1.31. The minimum absolute atomic E-state index is 0.0323. The van der Waals surface area contributed by atoms with Crippen molar-refractivity contribution in [1.82, 2.24) is 0 Å². The maximum Gasteiger partial charge on any atom is 0.310 e. The van der Waals surface area contributed by atoms with Gasteiger partial charge in [-0.15, -0.1) is 0 Å². The van der Waals surface area contributed by atoms with Crippen molar-refractivity contribution < 1.29 is 14.6 Å². The zero-order chi connectivity index (χ0) is 11.8. The molecule has 16 heavy (non-hydrogen) atoms. The molecule has 86 valence electrons. The summed E-state index contributed by atoms with van der Waals surface area (Å²) in [6.45, 7) is 2.24. The van der Waals surface area contributed by atoms with Crippen LogP contribution >= 0.6 is 0 Å². The maximum absolute atomic E-state index is 11.2. The summed E-state index contributed by atoms with van der Waals surface area (Å²) in [7, 11) is 0. The predicted octanol–water partition coefficient (Wildman–Crippen LogP) is 1.80. The lowest BCUT2D eigenvalue weighted by Crippen LogP contribution is -2.07. The molecule has 0 atom stereocenters. The molecule has 0 unspecified atom stereocenters. The van der Waals surface area contributed by atoms with Gasteiger partial charge in [0.1, 0.15) is 0 Å². The van der Waals surface area contributed by atoms with Crippen LogP contribution in [-0.4, -0.2) is 24.3 Å². The van der Waals surface area contributed by atoms with E-state index in [9.17, 15) is 4.79 Å². The van der Waals surface area contributed by atoms with Gasteiger partial charge in [-0.3, -0.25) is 4.79 Å². The van der Waals surface area contributed by atoms with E-state index in [-0.39, 0.29) is 12.6 Å². The van der Waals surface area contributed by atoms with Gasteiger partial charge in [-0.25, -0.2) is 0 Å². The highest BCUT2D eigenvalue weighted by molar-refractivity contribution is 5.72. The fraction of sp³-hybridized carbons (Fsp3) is 0.308. The Morgan fingerprint density at radius 1 is 1.38 bits per heavy atom. The lowest BCUT2D eigenvalue weighted by atomic mass is 10.1. The Balaban J connectivity index is 2.57. The molecule has 0 saturated heterocycles. The topological polar surface area (TPSA) is 46.5 Å². The highest BCUT2D eigenvalue weighted by atomic mass is 16.5. The summed E-state index contributed by atoms with van der Waals surface area (Å²) in [6.07, 6.45) is 3.80. The van der Waals surface area contributed by atoms with Gasteiger partial charge in [-0.2, -0.15) is 0 Å². The van der Waals surface area contributed by atoms with Crippen molar-refractivity contribution in [2.24, 2.45) is 0 Å². The van der Waals surface area contributed by atoms with E-state index in [1.807, 2.05) is 30.3 Å². The minimum Gasteiger partial charge on any atom is -0.466 e. The molecule has 1 aromatic carbocycles. The molecular formula is C13H16O3. The van der Waals surface area contributed by atoms with E-state index in [2.05, 4.69) is 0 Å². The summed E-state index contributed by atoms with van der Waals surface area (Å²) in [5.41, 5.74) is 1.93. The first-order valence-corrected chi connectivity index (χ1v) is 5.28. The van der Waals surface area contributed by atoms with Crippen molar-refractivity contribution in [3.8, 4) is 0 Å². The zero-order valence-corrected chi connectivity index (χ0v) is 9.35. The smallest absolute Gasteiger partial charge is 0.310 e. The van der Waals surface area contributed by atoms with Gasteiger partial charge in [-0.1, -0.05) is 36.4 Å². The van der Waals surface area contributed by atoms with Crippen LogP contribution in [0.3, 0.4) is 0 Å². The number of carbonyl (C=O) groups excluding carboxylic acids is 1. The number of rotatable bonds is 5. The monoisotopic (exact) mass is 220 g/mol. The Bertz CT molecular complexity index is 352. The molecule has 0 aliphatic carbocycles. The molecule has 0 radical (unpaired) electrons. The van der Waals surface area contributed by atoms with Crippen molar-refractivity contribution >= 4 is 12.0 Å². The number of esters is 1. The van der Waals surface area contributed by atoms with Crippen LogP contribution in [0.15, 0.2) is 30.3 Å². The van der Waals surface area contributed by atoms with Gasteiger partial charge in [0.15, 0.2) is 0 Å². The van der Waals surface area contributed by atoms with Crippen molar-refractivity contribution in [1.29, 1.82) is 0 Å². The van der Waals surface area contributed by atoms with E-state index >= 15 is 0 Å². The largest absolute Gasteiger partial charge is 0.466 e. The quantitative estimate of drug-likeness (QED) is 0.770. The van der Waals surface area contributed by atoms with E-state index in [0.29, 0.717) is 13.0 Å². The highest BCUT2D eigenvalue weighted by Gasteiger charge is 2.02. The number of benzene rings is 1.